The monoisotopic (exact) mass is 440 g/mol. The van der Waals surface area contributed by atoms with Crippen LogP contribution in [0, 0.1) is 10.1 Å². The van der Waals surface area contributed by atoms with Crippen molar-refractivity contribution in [3.63, 3.8) is 0 Å². The number of anilines is 1. The van der Waals surface area contributed by atoms with Crippen molar-refractivity contribution in [2.45, 2.75) is 0 Å². The van der Waals surface area contributed by atoms with E-state index in [1.807, 2.05) is 0 Å². The van der Waals surface area contributed by atoms with Crippen molar-refractivity contribution in [3.05, 3.63) is 98.5 Å². The number of non-ortho nitro benzene ring substituents is 1. The minimum absolute atomic E-state index is 0.116. The minimum atomic E-state index is -0.661. The van der Waals surface area contributed by atoms with Crippen LogP contribution < -0.4 is 10.1 Å². The van der Waals surface area contributed by atoms with Crippen LogP contribution in [-0.4, -0.2) is 16.8 Å². The van der Waals surface area contributed by atoms with Gasteiger partial charge in [-0.25, -0.2) is 4.79 Å². The summed E-state index contributed by atoms with van der Waals surface area (Å²) in [5, 5.41) is 13.4. The van der Waals surface area contributed by atoms with Crippen LogP contribution in [0.4, 0.5) is 11.4 Å². The molecule has 0 aromatic heterocycles. The summed E-state index contributed by atoms with van der Waals surface area (Å²) in [5.41, 5.74) is 1.00. The maximum Gasteiger partial charge on any atom is 0.343 e. The molecule has 3 aromatic rings. The van der Waals surface area contributed by atoms with E-state index in [1.165, 1.54) is 30.3 Å². The lowest BCUT2D eigenvalue weighted by Crippen LogP contribution is -2.12. The van der Waals surface area contributed by atoms with E-state index in [0.717, 1.165) is 4.47 Å². The Balaban J connectivity index is 1.68. The molecule has 28 heavy (non-hydrogen) atoms. The van der Waals surface area contributed by atoms with Crippen molar-refractivity contribution in [1.29, 1.82) is 0 Å². The predicted molar refractivity (Wildman–Crippen MR) is 107 cm³/mol. The van der Waals surface area contributed by atoms with Gasteiger partial charge in [0.2, 0.25) is 0 Å². The molecule has 0 aliphatic heterocycles. The Morgan fingerprint density at radius 1 is 0.929 bits per heavy atom. The number of esters is 1. The van der Waals surface area contributed by atoms with Gasteiger partial charge in [0.05, 0.1) is 10.5 Å². The number of benzene rings is 3. The number of nitro benzene ring substituents is 1. The van der Waals surface area contributed by atoms with E-state index < -0.39 is 10.9 Å². The van der Waals surface area contributed by atoms with Crippen LogP contribution in [0.25, 0.3) is 0 Å². The molecule has 0 fully saturated rings. The van der Waals surface area contributed by atoms with Crippen molar-refractivity contribution >= 4 is 39.2 Å². The summed E-state index contributed by atoms with van der Waals surface area (Å²) in [6.45, 7) is 0. The van der Waals surface area contributed by atoms with Gasteiger partial charge in [0.25, 0.3) is 11.6 Å². The lowest BCUT2D eigenvalue weighted by molar-refractivity contribution is -0.384. The van der Waals surface area contributed by atoms with Gasteiger partial charge in [-0.05, 0) is 48.5 Å². The maximum atomic E-state index is 12.3. The van der Waals surface area contributed by atoms with Crippen molar-refractivity contribution in [2.24, 2.45) is 0 Å². The van der Waals surface area contributed by atoms with Gasteiger partial charge in [-0.2, -0.15) is 0 Å². The smallest absolute Gasteiger partial charge is 0.343 e. The summed E-state index contributed by atoms with van der Waals surface area (Å²) < 4.78 is 6.14. The highest BCUT2D eigenvalue weighted by Gasteiger charge is 2.12. The second-order valence-electron chi connectivity index (χ2n) is 5.68. The van der Waals surface area contributed by atoms with Gasteiger partial charge in [-0.3, -0.25) is 14.9 Å². The molecule has 3 rings (SSSR count). The van der Waals surface area contributed by atoms with E-state index in [9.17, 15) is 19.7 Å². The zero-order valence-corrected chi connectivity index (χ0v) is 15.9. The Labute approximate surface area is 168 Å². The van der Waals surface area contributed by atoms with Gasteiger partial charge in [0.1, 0.15) is 5.75 Å². The van der Waals surface area contributed by atoms with Crippen LogP contribution in [-0.2, 0) is 0 Å². The minimum Gasteiger partial charge on any atom is -0.423 e. The van der Waals surface area contributed by atoms with Crippen LogP contribution >= 0.6 is 15.9 Å². The number of halogens is 1. The SMILES string of the molecule is O=C(Nc1cccc(OC(=O)c2ccc([N+](=O)[O-])cc2)c1)c1ccc(Br)cc1. The number of nitrogens with zero attached hydrogens (tertiary/aromatic N) is 1. The molecule has 0 aliphatic rings. The molecule has 8 heteroatoms. The van der Waals surface area contributed by atoms with Crippen molar-refractivity contribution in [1.82, 2.24) is 0 Å². The van der Waals surface area contributed by atoms with Crippen LogP contribution in [0.15, 0.2) is 77.3 Å². The number of nitrogens with one attached hydrogen (secondary N) is 1. The number of carbonyl (C=O) groups is 2. The molecule has 0 saturated carbocycles. The Morgan fingerprint density at radius 2 is 1.57 bits per heavy atom. The number of carbonyl (C=O) groups excluding carboxylic acids is 2. The highest BCUT2D eigenvalue weighted by molar-refractivity contribution is 9.10. The molecule has 0 heterocycles. The number of rotatable bonds is 5. The molecule has 0 spiro atoms. The average molecular weight is 441 g/mol. The maximum absolute atomic E-state index is 12.3. The first kappa shape index (κ1) is 19.2. The largest absolute Gasteiger partial charge is 0.423 e. The molecular formula is C20H13BrN2O5. The van der Waals surface area contributed by atoms with Gasteiger partial charge >= 0.3 is 5.97 Å². The molecule has 0 unspecified atom stereocenters. The second kappa shape index (κ2) is 8.45. The molecule has 3 aromatic carbocycles. The van der Waals surface area contributed by atoms with E-state index in [2.05, 4.69) is 21.2 Å². The summed E-state index contributed by atoms with van der Waals surface area (Å²) in [6, 6.07) is 18.4. The molecule has 0 bridgehead atoms. The highest BCUT2D eigenvalue weighted by atomic mass is 79.9. The van der Waals surface area contributed by atoms with Gasteiger partial charge in [0, 0.05) is 33.9 Å². The van der Waals surface area contributed by atoms with E-state index in [4.69, 9.17) is 4.74 Å². The zero-order chi connectivity index (χ0) is 20.1. The van der Waals surface area contributed by atoms with E-state index in [1.54, 1.807) is 42.5 Å². The molecule has 140 valence electrons. The van der Waals surface area contributed by atoms with Gasteiger partial charge < -0.3 is 10.1 Å². The molecule has 0 radical (unpaired) electrons. The summed E-state index contributed by atoms with van der Waals surface area (Å²) in [4.78, 5) is 34.6. The summed E-state index contributed by atoms with van der Waals surface area (Å²) in [5.74, 6) is -0.727. The number of nitro groups is 1. The fraction of sp³-hybridized carbons (Fsp3) is 0. The van der Waals surface area contributed by atoms with Crippen molar-refractivity contribution in [2.75, 3.05) is 5.32 Å². The Kier molecular flexibility index (Phi) is 5.81. The number of ether oxygens (including phenoxy) is 1. The highest BCUT2D eigenvalue weighted by Crippen LogP contribution is 2.20. The fourth-order valence-electron chi connectivity index (χ4n) is 2.33. The Hall–Kier alpha value is -3.52. The van der Waals surface area contributed by atoms with Gasteiger partial charge in [-0.15, -0.1) is 0 Å². The molecule has 7 nitrogen and oxygen atoms in total. The predicted octanol–water partition coefficient (Wildman–Crippen LogP) is 4.83. The van der Waals surface area contributed by atoms with Crippen LogP contribution in [0.1, 0.15) is 20.7 Å². The first-order valence-corrected chi connectivity index (χ1v) is 8.85. The number of hydrogen-bond acceptors (Lipinski definition) is 5. The van der Waals surface area contributed by atoms with Crippen molar-refractivity contribution < 1.29 is 19.2 Å². The lowest BCUT2D eigenvalue weighted by atomic mass is 10.2. The third-order valence-corrected chi connectivity index (χ3v) is 4.25. The number of hydrogen-bond donors (Lipinski definition) is 1. The summed E-state index contributed by atoms with van der Waals surface area (Å²) in [6.07, 6.45) is 0. The molecule has 1 amide bonds. The Morgan fingerprint density at radius 3 is 2.21 bits per heavy atom. The summed E-state index contributed by atoms with van der Waals surface area (Å²) >= 11 is 3.31. The first-order chi connectivity index (χ1) is 13.4. The molecule has 1 N–H and O–H groups in total. The van der Waals surface area contributed by atoms with Gasteiger partial charge in [-0.1, -0.05) is 22.0 Å². The standard InChI is InChI=1S/C20H13BrN2O5/c21-15-8-4-13(5-9-15)19(24)22-16-2-1-3-18(12-16)28-20(25)14-6-10-17(11-7-14)23(26)27/h1-12H,(H,22,24). The second-order valence-corrected chi connectivity index (χ2v) is 6.60. The fourth-order valence-corrected chi connectivity index (χ4v) is 2.59. The third-order valence-electron chi connectivity index (χ3n) is 3.72. The van der Waals surface area contributed by atoms with Crippen LogP contribution in [0.5, 0.6) is 5.75 Å². The molecular weight excluding hydrogens is 428 g/mol. The quantitative estimate of drug-likeness (QED) is 0.265. The average Bonchev–Trinajstić information content (AvgIpc) is 2.68. The van der Waals surface area contributed by atoms with Gasteiger partial charge in [0.15, 0.2) is 0 Å². The molecule has 0 atom stereocenters. The Bertz CT molecular complexity index is 1030. The van der Waals surface area contributed by atoms with Crippen LogP contribution in [0.3, 0.4) is 0 Å². The van der Waals surface area contributed by atoms with E-state index in [0.29, 0.717) is 11.3 Å². The number of amides is 1. The normalized spacial score (nSPS) is 10.2. The molecule has 0 aliphatic carbocycles. The zero-order valence-electron chi connectivity index (χ0n) is 14.3. The van der Waals surface area contributed by atoms with E-state index >= 15 is 0 Å². The third kappa shape index (κ3) is 4.80. The van der Waals surface area contributed by atoms with E-state index in [-0.39, 0.29) is 22.9 Å². The first-order valence-electron chi connectivity index (χ1n) is 8.06. The van der Waals surface area contributed by atoms with Crippen LogP contribution in [0.2, 0.25) is 0 Å². The lowest BCUT2D eigenvalue weighted by Gasteiger charge is -2.08. The van der Waals surface area contributed by atoms with Crippen molar-refractivity contribution in [3.8, 4) is 5.75 Å². The molecule has 0 saturated heterocycles. The topological polar surface area (TPSA) is 98.5 Å². The summed E-state index contributed by atoms with van der Waals surface area (Å²) in [7, 11) is 0.